The Morgan fingerprint density at radius 3 is 2.69 bits per heavy atom. The molecule has 1 fully saturated rings. The lowest BCUT2D eigenvalue weighted by molar-refractivity contribution is 0.0954. The highest BCUT2D eigenvalue weighted by molar-refractivity contribution is 5.44. The Bertz CT molecular complexity index is 355. The second kappa shape index (κ2) is 4.28. The van der Waals surface area contributed by atoms with Gasteiger partial charge in [0.15, 0.2) is 0 Å². The summed E-state index contributed by atoms with van der Waals surface area (Å²) in [5, 5.41) is 0. The zero-order valence-electron chi connectivity index (χ0n) is 9.94. The minimum absolute atomic E-state index is 0.255. The Labute approximate surface area is 96.2 Å². The zero-order valence-corrected chi connectivity index (χ0v) is 9.94. The monoisotopic (exact) mass is 221 g/mol. The van der Waals surface area contributed by atoms with Crippen molar-refractivity contribution in [3.63, 3.8) is 0 Å². The molecule has 0 radical (unpaired) electrons. The van der Waals surface area contributed by atoms with Gasteiger partial charge in [0.1, 0.15) is 18.1 Å². The molecule has 0 unspecified atom stereocenters. The van der Waals surface area contributed by atoms with Crippen LogP contribution in [0, 0.1) is 5.41 Å². The highest BCUT2D eigenvalue weighted by Gasteiger charge is 2.28. The normalized spacial score (nSPS) is 20.6. The Morgan fingerprint density at radius 2 is 2.06 bits per heavy atom. The van der Waals surface area contributed by atoms with E-state index in [9.17, 15) is 0 Å². The average Bonchev–Trinajstić information content (AvgIpc) is 2.24. The van der Waals surface area contributed by atoms with E-state index in [1.54, 1.807) is 6.20 Å². The summed E-state index contributed by atoms with van der Waals surface area (Å²) in [6.45, 7) is 4.62. The first-order valence-electron chi connectivity index (χ1n) is 5.79. The summed E-state index contributed by atoms with van der Waals surface area (Å²) in [5.74, 6) is 0.528. The van der Waals surface area contributed by atoms with Crippen LogP contribution in [0.3, 0.4) is 0 Å². The molecule has 0 spiro atoms. The third kappa shape index (κ3) is 2.62. The van der Waals surface area contributed by atoms with Gasteiger partial charge in [0.05, 0.1) is 6.20 Å². The van der Waals surface area contributed by atoms with Crippen LogP contribution in [0.5, 0.6) is 5.88 Å². The van der Waals surface area contributed by atoms with Crippen LogP contribution >= 0.6 is 0 Å². The summed E-state index contributed by atoms with van der Waals surface area (Å²) in [4.78, 5) is 7.90. The first-order chi connectivity index (χ1) is 7.57. The zero-order chi connectivity index (χ0) is 11.6. The van der Waals surface area contributed by atoms with E-state index in [0.29, 0.717) is 17.0 Å². The van der Waals surface area contributed by atoms with E-state index in [4.69, 9.17) is 10.5 Å². The van der Waals surface area contributed by atoms with Crippen LogP contribution < -0.4 is 10.5 Å². The van der Waals surface area contributed by atoms with Crippen molar-refractivity contribution in [1.82, 2.24) is 9.97 Å². The van der Waals surface area contributed by atoms with Crippen molar-refractivity contribution in [1.29, 1.82) is 0 Å². The first kappa shape index (κ1) is 11.2. The summed E-state index contributed by atoms with van der Waals surface area (Å²) in [6.07, 6.45) is 7.86. The van der Waals surface area contributed by atoms with Crippen molar-refractivity contribution in [2.24, 2.45) is 5.41 Å². The fraction of sp³-hybridized carbons (Fsp3) is 0.667. The maximum atomic E-state index is 5.80. The van der Waals surface area contributed by atoms with E-state index in [2.05, 4.69) is 23.8 Å². The van der Waals surface area contributed by atoms with Crippen LogP contribution in [0.4, 0.5) is 5.69 Å². The van der Waals surface area contributed by atoms with Crippen LogP contribution in [-0.4, -0.2) is 16.1 Å². The van der Waals surface area contributed by atoms with Crippen molar-refractivity contribution in [2.45, 2.75) is 45.6 Å². The number of anilines is 1. The molecular weight excluding hydrogens is 202 g/mol. The standard InChI is InChI=1S/C12H19N3O/c1-12(2)5-3-9(4-6-12)16-11-10(13)7-14-8-15-11/h7-9H,3-6,13H2,1-2H3. The number of aromatic nitrogens is 2. The van der Waals surface area contributed by atoms with E-state index in [-0.39, 0.29) is 6.10 Å². The molecule has 1 aromatic rings. The van der Waals surface area contributed by atoms with Gasteiger partial charge >= 0.3 is 0 Å². The average molecular weight is 221 g/mol. The molecule has 1 saturated carbocycles. The predicted molar refractivity (Wildman–Crippen MR) is 63.1 cm³/mol. The van der Waals surface area contributed by atoms with Crippen LogP contribution in [-0.2, 0) is 0 Å². The highest BCUT2D eigenvalue weighted by Crippen LogP contribution is 2.36. The van der Waals surface area contributed by atoms with Gasteiger partial charge in [-0.2, -0.15) is 4.98 Å². The maximum Gasteiger partial charge on any atom is 0.240 e. The molecule has 0 bridgehead atoms. The molecule has 0 atom stereocenters. The summed E-state index contributed by atoms with van der Waals surface area (Å²) in [7, 11) is 0. The Hall–Kier alpha value is -1.32. The lowest BCUT2D eigenvalue weighted by Gasteiger charge is -2.34. The summed E-state index contributed by atoms with van der Waals surface area (Å²) in [6, 6.07) is 0. The lowest BCUT2D eigenvalue weighted by Crippen LogP contribution is -2.28. The fourth-order valence-corrected chi connectivity index (χ4v) is 2.08. The second-order valence-corrected chi connectivity index (χ2v) is 5.26. The number of nitrogens with two attached hydrogens (primary N) is 1. The quantitative estimate of drug-likeness (QED) is 0.833. The Kier molecular flexibility index (Phi) is 2.99. The van der Waals surface area contributed by atoms with Gasteiger partial charge in [-0.3, -0.25) is 0 Å². The number of nitrogen functional groups attached to an aromatic ring is 1. The van der Waals surface area contributed by atoms with Gasteiger partial charge in [0.2, 0.25) is 5.88 Å². The summed E-state index contributed by atoms with van der Waals surface area (Å²) >= 11 is 0. The molecule has 1 heterocycles. The third-order valence-corrected chi connectivity index (χ3v) is 3.27. The molecule has 16 heavy (non-hydrogen) atoms. The van der Waals surface area contributed by atoms with Gasteiger partial charge in [0, 0.05) is 0 Å². The molecule has 0 aliphatic heterocycles. The van der Waals surface area contributed by atoms with Crippen molar-refractivity contribution in [3.8, 4) is 5.88 Å². The second-order valence-electron chi connectivity index (χ2n) is 5.26. The number of rotatable bonds is 2. The van der Waals surface area contributed by atoms with Crippen LogP contribution in [0.25, 0.3) is 0 Å². The minimum atomic E-state index is 0.255. The summed E-state index contributed by atoms with van der Waals surface area (Å²) in [5.41, 5.74) is 6.72. The fourth-order valence-electron chi connectivity index (χ4n) is 2.08. The maximum absolute atomic E-state index is 5.80. The van der Waals surface area contributed by atoms with E-state index in [1.165, 1.54) is 19.2 Å². The number of hydrogen-bond acceptors (Lipinski definition) is 4. The van der Waals surface area contributed by atoms with E-state index >= 15 is 0 Å². The molecule has 0 aromatic carbocycles. The molecule has 4 nitrogen and oxygen atoms in total. The van der Waals surface area contributed by atoms with Gasteiger partial charge in [-0.1, -0.05) is 13.8 Å². The SMILES string of the molecule is CC1(C)CCC(Oc2ncncc2N)CC1. The smallest absolute Gasteiger partial charge is 0.240 e. The molecule has 2 N–H and O–H groups in total. The molecule has 2 rings (SSSR count). The van der Waals surface area contributed by atoms with Gasteiger partial charge in [-0.05, 0) is 31.1 Å². The molecule has 1 aliphatic rings. The van der Waals surface area contributed by atoms with E-state index in [1.807, 2.05) is 0 Å². The van der Waals surface area contributed by atoms with Gasteiger partial charge in [-0.15, -0.1) is 0 Å². The van der Waals surface area contributed by atoms with E-state index < -0.39 is 0 Å². The van der Waals surface area contributed by atoms with Gasteiger partial charge < -0.3 is 10.5 Å². The van der Waals surface area contributed by atoms with Crippen LogP contribution in [0.15, 0.2) is 12.5 Å². The van der Waals surface area contributed by atoms with Crippen LogP contribution in [0.1, 0.15) is 39.5 Å². The molecule has 88 valence electrons. The van der Waals surface area contributed by atoms with E-state index in [0.717, 1.165) is 12.8 Å². The number of nitrogens with zero attached hydrogens (tertiary/aromatic N) is 2. The predicted octanol–water partition coefficient (Wildman–Crippen LogP) is 2.41. The van der Waals surface area contributed by atoms with Crippen molar-refractivity contribution < 1.29 is 4.74 Å². The van der Waals surface area contributed by atoms with Crippen molar-refractivity contribution in [3.05, 3.63) is 12.5 Å². The Balaban J connectivity index is 1.95. The topological polar surface area (TPSA) is 61.0 Å². The summed E-state index contributed by atoms with van der Waals surface area (Å²) < 4.78 is 5.80. The highest BCUT2D eigenvalue weighted by atomic mass is 16.5. The molecule has 1 aromatic heterocycles. The number of hydrogen-bond donors (Lipinski definition) is 1. The van der Waals surface area contributed by atoms with Crippen molar-refractivity contribution >= 4 is 5.69 Å². The Morgan fingerprint density at radius 1 is 1.38 bits per heavy atom. The van der Waals surface area contributed by atoms with Crippen LogP contribution in [0.2, 0.25) is 0 Å². The minimum Gasteiger partial charge on any atom is -0.473 e. The van der Waals surface area contributed by atoms with Crippen molar-refractivity contribution in [2.75, 3.05) is 5.73 Å². The largest absolute Gasteiger partial charge is 0.473 e. The molecule has 0 saturated heterocycles. The molecule has 4 heteroatoms. The molecule has 1 aliphatic carbocycles. The third-order valence-electron chi connectivity index (χ3n) is 3.27. The molecular formula is C12H19N3O. The number of ether oxygens (including phenoxy) is 1. The lowest BCUT2D eigenvalue weighted by atomic mass is 9.76. The molecule has 0 amide bonds. The van der Waals surface area contributed by atoms with Gasteiger partial charge in [-0.25, -0.2) is 4.98 Å². The first-order valence-corrected chi connectivity index (χ1v) is 5.79. The van der Waals surface area contributed by atoms with Gasteiger partial charge in [0.25, 0.3) is 0 Å².